The van der Waals surface area contributed by atoms with Crippen LogP contribution < -0.4 is 4.74 Å². The van der Waals surface area contributed by atoms with Crippen LogP contribution >= 0.6 is 23.1 Å². The van der Waals surface area contributed by atoms with Crippen molar-refractivity contribution in [2.24, 2.45) is 0 Å². The minimum absolute atomic E-state index is 0.659. The van der Waals surface area contributed by atoms with Crippen LogP contribution in [-0.4, -0.2) is 21.9 Å². The Morgan fingerprint density at radius 1 is 1.13 bits per heavy atom. The van der Waals surface area contributed by atoms with Crippen LogP contribution in [0.25, 0.3) is 22.5 Å². The third-order valence-corrected chi connectivity index (χ3v) is 6.76. The molecule has 0 amide bonds. The summed E-state index contributed by atoms with van der Waals surface area (Å²) in [4.78, 5) is 1.27. The smallest absolute Gasteiger partial charge is 0.192 e. The molecule has 30 heavy (non-hydrogen) atoms. The summed E-state index contributed by atoms with van der Waals surface area (Å²) in [7, 11) is 1.69. The molecule has 0 radical (unpaired) electrons. The van der Waals surface area contributed by atoms with Gasteiger partial charge in [-0.15, -0.1) is 28.1 Å². The third kappa shape index (κ3) is 4.20. The topological polar surface area (TPSA) is 39.9 Å². The zero-order chi connectivity index (χ0) is 20.9. The molecule has 0 atom stereocenters. The van der Waals surface area contributed by atoms with E-state index in [1.807, 2.05) is 24.3 Å². The van der Waals surface area contributed by atoms with Crippen LogP contribution in [0.2, 0.25) is 0 Å². The van der Waals surface area contributed by atoms with E-state index < -0.39 is 0 Å². The molecule has 4 nitrogen and oxygen atoms in total. The Morgan fingerprint density at radius 3 is 2.73 bits per heavy atom. The van der Waals surface area contributed by atoms with E-state index >= 15 is 0 Å². The molecular formula is C24H23N3OS2. The zero-order valence-corrected chi connectivity index (χ0v) is 18.7. The number of methoxy groups -OCH3 is 1. The van der Waals surface area contributed by atoms with Gasteiger partial charge in [-0.1, -0.05) is 60.3 Å². The van der Waals surface area contributed by atoms with E-state index in [4.69, 9.17) is 4.74 Å². The number of hydrogen-bond acceptors (Lipinski definition) is 5. The second-order valence-corrected chi connectivity index (χ2v) is 8.82. The summed E-state index contributed by atoms with van der Waals surface area (Å²) >= 11 is 3.42. The Labute approximate surface area is 185 Å². The standard InChI is InChI=1S/C24H23N3OS2/c1-4-13-27-23(21-16-29-17(2)22(21)19-10-6-5-7-11-19)25-26-24(27)30-15-18-9-8-12-20(14-18)28-3/h4-12,14,16H,1,13,15H2,2-3H3. The molecule has 2 aromatic heterocycles. The maximum absolute atomic E-state index is 5.33. The van der Waals surface area contributed by atoms with Crippen molar-refractivity contribution in [3.05, 3.63) is 83.1 Å². The Bertz CT molecular complexity index is 1150. The van der Waals surface area contributed by atoms with Gasteiger partial charge in [0, 0.05) is 33.7 Å². The first-order valence-corrected chi connectivity index (χ1v) is 11.5. The van der Waals surface area contributed by atoms with E-state index in [1.165, 1.54) is 21.6 Å². The minimum Gasteiger partial charge on any atom is -0.497 e. The predicted molar refractivity (Wildman–Crippen MR) is 126 cm³/mol. The molecule has 0 N–H and O–H groups in total. The first-order chi connectivity index (χ1) is 14.7. The van der Waals surface area contributed by atoms with Crippen LogP contribution in [0.4, 0.5) is 0 Å². The number of nitrogens with zero attached hydrogens (tertiary/aromatic N) is 3. The average Bonchev–Trinajstić information content (AvgIpc) is 3.36. The van der Waals surface area contributed by atoms with Crippen molar-refractivity contribution < 1.29 is 4.74 Å². The van der Waals surface area contributed by atoms with Gasteiger partial charge in [-0.2, -0.15) is 0 Å². The lowest BCUT2D eigenvalue weighted by Gasteiger charge is -2.10. The first kappa shape index (κ1) is 20.4. The molecular weight excluding hydrogens is 410 g/mol. The van der Waals surface area contributed by atoms with E-state index in [0.717, 1.165) is 28.0 Å². The molecule has 6 heteroatoms. The van der Waals surface area contributed by atoms with E-state index in [1.54, 1.807) is 30.2 Å². The number of benzene rings is 2. The second-order valence-electron chi connectivity index (χ2n) is 6.79. The predicted octanol–water partition coefficient (Wildman–Crippen LogP) is 6.47. The summed E-state index contributed by atoms with van der Waals surface area (Å²) < 4.78 is 7.48. The van der Waals surface area contributed by atoms with Gasteiger partial charge in [0.25, 0.3) is 0 Å². The van der Waals surface area contributed by atoms with Gasteiger partial charge >= 0.3 is 0 Å². The lowest BCUT2D eigenvalue weighted by atomic mass is 10.0. The van der Waals surface area contributed by atoms with Gasteiger partial charge in [-0.3, -0.25) is 4.57 Å². The molecule has 0 saturated heterocycles. The molecule has 0 spiro atoms. The van der Waals surface area contributed by atoms with Crippen molar-refractivity contribution in [3.63, 3.8) is 0 Å². The quantitative estimate of drug-likeness (QED) is 0.236. The molecule has 4 rings (SSSR count). The lowest BCUT2D eigenvalue weighted by Crippen LogP contribution is -2.01. The molecule has 2 heterocycles. The van der Waals surface area contributed by atoms with Gasteiger partial charge in [0.2, 0.25) is 0 Å². The lowest BCUT2D eigenvalue weighted by molar-refractivity contribution is 0.414. The molecule has 152 valence electrons. The van der Waals surface area contributed by atoms with Gasteiger partial charge in [0.05, 0.1) is 7.11 Å². The van der Waals surface area contributed by atoms with Crippen molar-refractivity contribution in [1.29, 1.82) is 0 Å². The van der Waals surface area contributed by atoms with Crippen LogP contribution in [0.1, 0.15) is 10.4 Å². The van der Waals surface area contributed by atoms with E-state index in [2.05, 4.69) is 70.0 Å². The van der Waals surface area contributed by atoms with Gasteiger partial charge in [0.15, 0.2) is 11.0 Å². The molecule has 0 saturated carbocycles. The number of ether oxygens (including phenoxy) is 1. The number of hydrogen-bond donors (Lipinski definition) is 0. The summed E-state index contributed by atoms with van der Waals surface area (Å²) in [6, 6.07) is 18.6. The molecule has 4 aromatic rings. The normalized spacial score (nSPS) is 10.9. The summed E-state index contributed by atoms with van der Waals surface area (Å²) in [6.07, 6.45) is 1.89. The first-order valence-electron chi connectivity index (χ1n) is 9.65. The summed E-state index contributed by atoms with van der Waals surface area (Å²) in [5, 5.41) is 12.2. The van der Waals surface area contributed by atoms with E-state index in [0.29, 0.717) is 6.54 Å². The summed E-state index contributed by atoms with van der Waals surface area (Å²) in [5.74, 6) is 2.54. The fourth-order valence-electron chi connectivity index (χ4n) is 3.38. The molecule has 0 fully saturated rings. The zero-order valence-electron chi connectivity index (χ0n) is 17.0. The molecule has 0 aliphatic carbocycles. The van der Waals surface area contributed by atoms with Gasteiger partial charge in [0.1, 0.15) is 5.75 Å². The van der Waals surface area contributed by atoms with Crippen LogP contribution in [-0.2, 0) is 12.3 Å². The largest absolute Gasteiger partial charge is 0.497 e. The number of allylic oxidation sites excluding steroid dienone is 1. The number of aromatic nitrogens is 3. The Balaban J connectivity index is 1.68. The summed E-state index contributed by atoms with van der Waals surface area (Å²) in [5.41, 5.74) is 4.73. The molecule has 0 aliphatic heterocycles. The molecule has 0 aliphatic rings. The summed E-state index contributed by atoms with van der Waals surface area (Å²) in [6.45, 7) is 6.75. The highest BCUT2D eigenvalue weighted by molar-refractivity contribution is 7.98. The van der Waals surface area contributed by atoms with Crippen molar-refractivity contribution in [1.82, 2.24) is 14.8 Å². The minimum atomic E-state index is 0.659. The van der Waals surface area contributed by atoms with Crippen molar-refractivity contribution >= 4 is 23.1 Å². The van der Waals surface area contributed by atoms with Crippen LogP contribution in [0.3, 0.4) is 0 Å². The maximum Gasteiger partial charge on any atom is 0.192 e. The van der Waals surface area contributed by atoms with Crippen molar-refractivity contribution in [2.45, 2.75) is 24.4 Å². The van der Waals surface area contributed by atoms with Crippen molar-refractivity contribution in [2.75, 3.05) is 7.11 Å². The van der Waals surface area contributed by atoms with E-state index in [9.17, 15) is 0 Å². The van der Waals surface area contributed by atoms with Gasteiger partial charge < -0.3 is 4.74 Å². The van der Waals surface area contributed by atoms with Crippen LogP contribution in [0, 0.1) is 6.92 Å². The number of aryl methyl sites for hydroxylation is 1. The fourth-order valence-corrected chi connectivity index (χ4v) is 5.14. The van der Waals surface area contributed by atoms with Gasteiger partial charge in [-0.05, 0) is 30.2 Å². The van der Waals surface area contributed by atoms with Gasteiger partial charge in [-0.25, -0.2) is 0 Å². The SMILES string of the molecule is C=CCn1c(SCc2cccc(OC)c2)nnc1-c1csc(C)c1-c1ccccc1. The highest BCUT2D eigenvalue weighted by Gasteiger charge is 2.20. The van der Waals surface area contributed by atoms with Crippen molar-refractivity contribution in [3.8, 4) is 28.3 Å². The van der Waals surface area contributed by atoms with E-state index in [-0.39, 0.29) is 0 Å². The Morgan fingerprint density at radius 2 is 1.97 bits per heavy atom. The number of rotatable bonds is 8. The molecule has 0 bridgehead atoms. The van der Waals surface area contributed by atoms with Crippen LogP contribution in [0.5, 0.6) is 5.75 Å². The fraction of sp³-hybridized carbons (Fsp3) is 0.167. The molecule has 2 aromatic carbocycles. The third-order valence-electron chi connectivity index (χ3n) is 4.81. The second kappa shape index (κ2) is 9.32. The monoisotopic (exact) mass is 433 g/mol. The maximum atomic E-state index is 5.33. The average molecular weight is 434 g/mol. The number of thioether (sulfide) groups is 1. The molecule has 0 unspecified atom stereocenters. The Kier molecular flexibility index (Phi) is 6.35. The highest BCUT2D eigenvalue weighted by atomic mass is 32.2. The highest BCUT2D eigenvalue weighted by Crippen LogP contribution is 2.39. The number of thiophene rings is 1. The Hall–Kier alpha value is -2.83. The van der Waals surface area contributed by atoms with Crippen LogP contribution in [0.15, 0.2) is 77.8 Å².